The molecule has 2 N–H and O–H groups in total. The molecule has 2 aromatic carbocycles. The van der Waals surface area contributed by atoms with Gasteiger partial charge in [-0.25, -0.2) is 4.98 Å². The number of carbonyl (C=O) groups is 1. The van der Waals surface area contributed by atoms with E-state index in [2.05, 4.69) is 15.6 Å². The van der Waals surface area contributed by atoms with Crippen LogP contribution in [0, 0.1) is 0 Å². The van der Waals surface area contributed by atoms with Gasteiger partial charge in [0.2, 0.25) is 0 Å². The Kier molecular flexibility index (Phi) is 5.76. The number of hydrogen-bond donors (Lipinski definition) is 2. The maximum atomic E-state index is 12.4. The van der Waals surface area contributed by atoms with Gasteiger partial charge in [0.25, 0.3) is 5.91 Å². The second-order valence-electron chi connectivity index (χ2n) is 5.81. The third-order valence-corrected chi connectivity index (χ3v) is 6.01. The summed E-state index contributed by atoms with van der Waals surface area (Å²) >= 11 is 24.7. The molecule has 29 heavy (non-hydrogen) atoms. The number of thiazole rings is 1. The second kappa shape index (κ2) is 8.30. The summed E-state index contributed by atoms with van der Waals surface area (Å²) in [7, 11) is 0. The number of amides is 1. The van der Waals surface area contributed by atoms with Crippen LogP contribution < -0.4 is 10.6 Å². The number of nitrogens with zero attached hydrogens (tertiary/aromatic N) is 1. The zero-order valence-electron chi connectivity index (χ0n) is 14.3. The molecule has 4 rings (SSSR count). The molecule has 0 fully saturated rings. The van der Waals surface area contributed by atoms with Crippen molar-refractivity contribution in [3.63, 3.8) is 0 Å². The number of nitrogens with one attached hydrogen (secondary N) is 2. The van der Waals surface area contributed by atoms with E-state index in [-0.39, 0.29) is 10.9 Å². The van der Waals surface area contributed by atoms with Crippen molar-refractivity contribution in [3.05, 3.63) is 69.4 Å². The van der Waals surface area contributed by atoms with Crippen molar-refractivity contribution in [1.29, 1.82) is 0 Å². The number of thiocarbonyl (C=S) groups is 1. The van der Waals surface area contributed by atoms with Crippen LogP contribution in [-0.2, 0) is 0 Å². The molecule has 0 saturated carbocycles. The molecule has 1 amide bonds. The molecule has 0 bridgehead atoms. The molecule has 2 heterocycles. The molecule has 2 aromatic heterocycles. The van der Waals surface area contributed by atoms with E-state index in [1.807, 2.05) is 12.1 Å². The highest BCUT2D eigenvalue weighted by atomic mass is 35.5. The lowest BCUT2D eigenvalue weighted by atomic mass is 10.2. The van der Waals surface area contributed by atoms with Gasteiger partial charge in [-0.2, -0.15) is 0 Å². The van der Waals surface area contributed by atoms with E-state index < -0.39 is 5.91 Å². The number of hydrogen-bond acceptors (Lipinski definition) is 5. The highest BCUT2D eigenvalue weighted by Gasteiger charge is 2.16. The highest BCUT2D eigenvalue weighted by molar-refractivity contribution is 7.80. The SMILES string of the molecule is O=C(NC(=S)Nc1nc2c(Cl)c(Cl)ccc2s1)c1ccc(-c2cccc(Cl)c2)o1. The third kappa shape index (κ3) is 4.39. The minimum atomic E-state index is -0.488. The summed E-state index contributed by atoms with van der Waals surface area (Å²) in [5.41, 5.74) is 1.33. The summed E-state index contributed by atoms with van der Waals surface area (Å²) in [5, 5.41) is 7.35. The minimum Gasteiger partial charge on any atom is -0.451 e. The molecule has 0 saturated heterocycles. The zero-order chi connectivity index (χ0) is 20.5. The van der Waals surface area contributed by atoms with E-state index in [0.29, 0.717) is 31.5 Å². The van der Waals surface area contributed by atoms with Gasteiger partial charge < -0.3 is 9.73 Å². The van der Waals surface area contributed by atoms with Crippen molar-refractivity contribution < 1.29 is 9.21 Å². The fraction of sp³-hybridized carbons (Fsp3) is 0. The van der Waals surface area contributed by atoms with E-state index in [0.717, 1.165) is 10.3 Å². The monoisotopic (exact) mass is 481 g/mol. The maximum Gasteiger partial charge on any atom is 0.293 e. The molecule has 0 spiro atoms. The van der Waals surface area contributed by atoms with Crippen molar-refractivity contribution in [2.24, 2.45) is 0 Å². The van der Waals surface area contributed by atoms with Gasteiger partial charge in [-0.15, -0.1) is 0 Å². The van der Waals surface area contributed by atoms with Gasteiger partial charge in [0.1, 0.15) is 11.3 Å². The smallest absolute Gasteiger partial charge is 0.293 e. The van der Waals surface area contributed by atoms with Crippen LogP contribution in [0.15, 0.2) is 52.9 Å². The quantitative estimate of drug-likeness (QED) is 0.320. The summed E-state index contributed by atoms with van der Waals surface area (Å²) in [5.74, 6) is 0.149. The lowest BCUT2D eigenvalue weighted by molar-refractivity contribution is 0.0951. The molecule has 0 atom stereocenters. The standard InChI is InChI=1S/C19H10Cl3N3O2S2/c20-10-3-1-2-9(8-10)12-5-6-13(27-12)17(26)24-18(28)25-19-23-16-14(29-19)7-4-11(21)15(16)22/h1-8H,(H2,23,24,25,26,28). The first-order chi connectivity index (χ1) is 13.9. The Morgan fingerprint density at radius 3 is 2.72 bits per heavy atom. The lowest BCUT2D eigenvalue weighted by Gasteiger charge is -2.05. The van der Waals surface area contributed by atoms with Crippen LogP contribution in [0.25, 0.3) is 21.5 Å². The average Bonchev–Trinajstić information content (AvgIpc) is 3.32. The Balaban J connectivity index is 1.45. The van der Waals surface area contributed by atoms with Crippen molar-refractivity contribution in [3.8, 4) is 11.3 Å². The molecule has 0 aliphatic carbocycles. The average molecular weight is 483 g/mol. The van der Waals surface area contributed by atoms with E-state index in [4.69, 9.17) is 51.4 Å². The third-order valence-electron chi connectivity index (χ3n) is 3.84. The summed E-state index contributed by atoms with van der Waals surface area (Å²) in [6.45, 7) is 0. The Bertz CT molecular complexity index is 1250. The summed E-state index contributed by atoms with van der Waals surface area (Å²) in [6, 6.07) is 13.9. The number of anilines is 1. The van der Waals surface area contributed by atoms with Gasteiger partial charge in [0.05, 0.1) is 14.7 Å². The van der Waals surface area contributed by atoms with Gasteiger partial charge in [-0.1, -0.05) is 58.3 Å². The van der Waals surface area contributed by atoms with E-state index in [1.165, 1.54) is 11.3 Å². The number of rotatable bonds is 3. The van der Waals surface area contributed by atoms with E-state index in [9.17, 15) is 4.79 Å². The second-order valence-corrected chi connectivity index (χ2v) is 8.47. The number of furan rings is 1. The molecule has 0 aliphatic heterocycles. The molecular formula is C19H10Cl3N3O2S2. The fourth-order valence-corrected chi connectivity index (χ4v) is 4.28. The Labute approximate surface area is 189 Å². The predicted molar refractivity (Wildman–Crippen MR) is 122 cm³/mol. The zero-order valence-corrected chi connectivity index (χ0v) is 18.2. The largest absolute Gasteiger partial charge is 0.451 e. The van der Waals surface area contributed by atoms with Crippen LogP contribution in [0.4, 0.5) is 5.13 Å². The number of aromatic nitrogens is 1. The Hall–Kier alpha value is -2.16. The topological polar surface area (TPSA) is 67.2 Å². The minimum absolute atomic E-state index is 0.0805. The van der Waals surface area contributed by atoms with Crippen LogP contribution in [-0.4, -0.2) is 16.0 Å². The Morgan fingerprint density at radius 1 is 1.10 bits per heavy atom. The Morgan fingerprint density at radius 2 is 1.93 bits per heavy atom. The molecule has 0 radical (unpaired) electrons. The first kappa shape index (κ1) is 20.1. The number of halogens is 3. The van der Waals surface area contributed by atoms with Crippen LogP contribution in [0.1, 0.15) is 10.6 Å². The van der Waals surface area contributed by atoms with Crippen molar-refractivity contribution >= 4 is 84.7 Å². The van der Waals surface area contributed by atoms with Gasteiger partial charge in [0, 0.05) is 10.6 Å². The van der Waals surface area contributed by atoms with Crippen molar-refractivity contribution in [2.75, 3.05) is 5.32 Å². The number of benzene rings is 2. The predicted octanol–water partition coefficient (Wildman–Crippen LogP) is 6.64. The van der Waals surface area contributed by atoms with Crippen LogP contribution in [0.2, 0.25) is 15.1 Å². The maximum absolute atomic E-state index is 12.4. The number of fused-ring (bicyclic) bond motifs is 1. The van der Waals surface area contributed by atoms with Gasteiger partial charge in [-0.05, 0) is 48.6 Å². The van der Waals surface area contributed by atoms with Crippen molar-refractivity contribution in [2.45, 2.75) is 0 Å². The van der Waals surface area contributed by atoms with Gasteiger partial charge in [0.15, 0.2) is 16.0 Å². The van der Waals surface area contributed by atoms with Gasteiger partial charge in [-0.3, -0.25) is 10.1 Å². The summed E-state index contributed by atoms with van der Waals surface area (Å²) in [6.07, 6.45) is 0. The molecule has 10 heteroatoms. The molecule has 0 aliphatic rings. The fourth-order valence-electron chi connectivity index (χ4n) is 2.54. The molecule has 146 valence electrons. The normalized spacial score (nSPS) is 10.9. The molecule has 4 aromatic rings. The summed E-state index contributed by atoms with van der Waals surface area (Å²) < 4.78 is 6.45. The number of carbonyl (C=O) groups excluding carboxylic acids is 1. The van der Waals surface area contributed by atoms with Crippen molar-refractivity contribution in [1.82, 2.24) is 10.3 Å². The van der Waals surface area contributed by atoms with Crippen LogP contribution in [0.3, 0.4) is 0 Å². The first-order valence-corrected chi connectivity index (χ1v) is 10.5. The van der Waals surface area contributed by atoms with E-state index >= 15 is 0 Å². The van der Waals surface area contributed by atoms with Gasteiger partial charge >= 0.3 is 0 Å². The molecular weight excluding hydrogens is 473 g/mol. The highest BCUT2D eigenvalue weighted by Crippen LogP contribution is 2.35. The van der Waals surface area contributed by atoms with Crippen LogP contribution in [0.5, 0.6) is 0 Å². The summed E-state index contributed by atoms with van der Waals surface area (Å²) in [4.78, 5) is 16.8. The van der Waals surface area contributed by atoms with E-state index in [1.54, 1.807) is 36.4 Å². The first-order valence-electron chi connectivity index (χ1n) is 8.13. The van der Waals surface area contributed by atoms with Crippen LogP contribution >= 0.6 is 58.4 Å². The molecule has 5 nitrogen and oxygen atoms in total. The lowest BCUT2D eigenvalue weighted by Crippen LogP contribution is -2.33. The molecule has 0 unspecified atom stereocenters.